The van der Waals surface area contributed by atoms with Gasteiger partial charge < -0.3 is 9.51 Å². The summed E-state index contributed by atoms with van der Waals surface area (Å²) in [6.07, 6.45) is 3.35. The van der Waals surface area contributed by atoms with Crippen LogP contribution in [0.3, 0.4) is 0 Å². The number of hydrogen-bond donors (Lipinski definition) is 1. The Labute approximate surface area is 74.5 Å². The average Bonchev–Trinajstić information content (AvgIpc) is 2.46. The van der Waals surface area contributed by atoms with Gasteiger partial charge in [0.15, 0.2) is 5.69 Å². The van der Waals surface area contributed by atoms with Crippen molar-refractivity contribution in [2.75, 3.05) is 0 Å². The predicted molar refractivity (Wildman–Crippen MR) is 46.9 cm³/mol. The summed E-state index contributed by atoms with van der Waals surface area (Å²) in [4.78, 5) is 14.5. The van der Waals surface area contributed by atoms with Crippen molar-refractivity contribution < 1.29 is 9.90 Å². The summed E-state index contributed by atoms with van der Waals surface area (Å²) in [5, 5.41) is 8.68. The summed E-state index contributed by atoms with van der Waals surface area (Å²) in [5.41, 5.74) is 1.80. The van der Waals surface area contributed by atoms with Crippen LogP contribution in [0.2, 0.25) is 0 Å². The van der Waals surface area contributed by atoms with Gasteiger partial charge in [-0.15, -0.1) is 0 Å². The Morgan fingerprint density at radius 1 is 1.46 bits per heavy atom. The van der Waals surface area contributed by atoms with Crippen molar-refractivity contribution >= 4 is 11.6 Å². The molecule has 0 fully saturated rings. The molecule has 66 valence electrons. The molecule has 0 atom stereocenters. The molecule has 4 nitrogen and oxygen atoms in total. The van der Waals surface area contributed by atoms with E-state index in [9.17, 15) is 4.79 Å². The van der Waals surface area contributed by atoms with E-state index in [1.165, 1.54) is 6.20 Å². The summed E-state index contributed by atoms with van der Waals surface area (Å²) in [6.45, 7) is 1.94. The lowest BCUT2D eigenvalue weighted by atomic mass is 10.3. The first-order chi connectivity index (χ1) is 6.16. The highest BCUT2D eigenvalue weighted by molar-refractivity contribution is 5.86. The minimum Gasteiger partial charge on any atom is -0.476 e. The number of hydrogen-bond acceptors (Lipinski definition) is 2. The summed E-state index contributed by atoms with van der Waals surface area (Å²) >= 11 is 0. The number of aryl methyl sites for hydroxylation is 1. The molecule has 0 aliphatic heterocycles. The molecule has 0 aromatic carbocycles. The van der Waals surface area contributed by atoms with Crippen molar-refractivity contribution in [3.8, 4) is 0 Å². The van der Waals surface area contributed by atoms with Crippen molar-refractivity contribution in [3.63, 3.8) is 0 Å². The number of imidazole rings is 1. The molecule has 0 bridgehead atoms. The summed E-state index contributed by atoms with van der Waals surface area (Å²) < 4.78 is 1.71. The third kappa shape index (κ3) is 1.26. The number of nitrogens with zero attached hydrogens (tertiary/aromatic N) is 2. The molecule has 2 rings (SSSR count). The number of rotatable bonds is 1. The average molecular weight is 176 g/mol. The Morgan fingerprint density at radius 2 is 2.23 bits per heavy atom. The molecule has 0 aliphatic carbocycles. The van der Waals surface area contributed by atoms with Gasteiger partial charge in [0.05, 0.1) is 0 Å². The number of carbonyl (C=O) groups is 1. The summed E-state index contributed by atoms with van der Waals surface area (Å²) in [7, 11) is 0. The largest absolute Gasteiger partial charge is 0.476 e. The molecule has 0 saturated carbocycles. The fourth-order valence-corrected chi connectivity index (χ4v) is 1.21. The van der Waals surface area contributed by atoms with Gasteiger partial charge in [-0.05, 0) is 18.6 Å². The zero-order valence-electron chi connectivity index (χ0n) is 7.06. The molecule has 0 amide bonds. The van der Waals surface area contributed by atoms with Crippen LogP contribution in [0.1, 0.15) is 16.1 Å². The first-order valence-corrected chi connectivity index (χ1v) is 3.85. The molecule has 0 saturated heterocycles. The molecule has 2 aromatic heterocycles. The maximum atomic E-state index is 10.6. The monoisotopic (exact) mass is 176 g/mol. The van der Waals surface area contributed by atoms with Crippen LogP contribution >= 0.6 is 0 Å². The lowest BCUT2D eigenvalue weighted by Crippen LogP contribution is -1.94. The van der Waals surface area contributed by atoms with Crippen LogP contribution in [-0.4, -0.2) is 20.5 Å². The van der Waals surface area contributed by atoms with Crippen molar-refractivity contribution in [2.45, 2.75) is 6.92 Å². The van der Waals surface area contributed by atoms with Crippen LogP contribution in [0, 0.1) is 6.92 Å². The number of aromatic carboxylic acids is 1. The molecule has 13 heavy (non-hydrogen) atoms. The Balaban J connectivity index is 2.68. The van der Waals surface area contributed by atoms with E-state index in [-0.39, 0.29) is 5.69 Å². The second-order valence-corrected chi connectivity index (χ2v) is 2.90. The van der Waals surface area contributed by atoms with Gasteiger partial charge in [-0.1, -0.05) is 6.07 Å². The van der Waals surface area contributed by atoms with E-state index in [0.717, 1.165) is 5.56 Å². The van der Waals surface area contributed by atoms with Gasteiger partial charge in [0, 0.05) is 12.4 Å². The molecule has 0 aliphatic rings. The van der Waals surface area contributed by atoms with Crippen molar-refractivity contribution in [2.24, 2.45) is 0 Å². The minimum absolute atomic E-state index is 0.0746. The highest BCUT2D eigenvalue weighted by Crippen LogP contribution is 2.06. The molecule has 0 radical (unpaired) electrons. The molecule has 1 N–H and O–H groups in total. The van der Waals surface area contributed by atoms with Crippen LogP contribution in [0.4, 0.5) is 0 Å². The van der Waals surface area contributed by atoms with E-state index in [1.807, 2.05) is 19.2 Å². The second kappa shape index (κ2) is 2.58. The van der Waals surface area contributed by atoms with Crippen LogP contribution in [-0.2, 0) is 0 Å². The molecule has 0 unspecified atom stereocenters. The maximum Gasteiger partial charge on any atom is 0.356 e. The molecule has 0 spiro atoms. The zero-order chi connectivity index (χ0) is 9.42. The SMILES string of the molecule is Cc1ccc2nc(C(=O)O)cn2c1. The predicted octanol–water partition coefficient (Wildman–Crippen LogP) is 1.34. The standard InChI is InChI=1S/C9H8N2O2/c1-6-2-3-8-10-7(9(12)13)5-11(8)4-6/h2-5H,1H3,(H,12,13). The van der Waals surface area contributed by atoms with Crippen LogP contribution in [0.5, 0.6) is 0 Å². The molecule has 2 aromatic rings. The van der Waals surface area contributed by atoms with E-state index in [0.29, 0.717) is 5.65 Å². The number of carboxylic acid groups (broad SMARTS) is 1. The Kier molecular flexibility index (Phi) is 1.55. The van der Waals surface area contributed by atoms with Crippen molar-refractivity contribution in [3.05, 3.63) is 35.8 Å². The van der Waals surface area contributed by atoms with Crippen LogP contribution in [0.25, 0.3) is 5.65 Å². The van der Waals surface area contributed by atoms with Gasteiger partial charge in [0.25, 0.3) is 0 Å². The van der Waals surface area contributed by atoms with E-state index in [1.54, 1.807) is 10.5 Å². The summed E-state index contributed by atoms with van der Waals surface area (Å²) in [5.74, 6) is -0.999. The first-order valence-electron chi connectivity index (χ1n) is 3.85. The molecule has 4 heteroatoms. The van der Waals surface area contributed by atoms with Gasteiger partial charge in [0.2, 0.25) is 0 Å². The minimum atomic E-state index is -0.999. The third-order valence-electron chi connectivity index (χ3n) is 1.82. The Hall–Kier alpha value is -1.84. The third-order valence-corrected chi connectivity index (χ3v) is 1.82. The second-order valence-electron chi connectivity index (χ2n) is 2.90. The lowest BCUT2D eigenvalue weighted by Gasteiger charge is -1.92. The number of carboxylic acids is 1. The Bertz CT molecular complexity index is 473. The van der Waals surface area contributed by atoms with Gasteiger partial charge in [-0.2, -0.15) is 0 Å². The summed E-state index contributed by atoms with van der Waals surface area (Å²) in [6, 6.07) is 3.69. The van der Waals surface area contributed by atoms with Gasteiger partial charge in [-0.25, -0.2) is 9.78 Å². The first kappa shape index (κ1) is 7.79. The van der Waals surface area contributed by atoms with Crippen molar-refractivity contribution in [1.29, 1.82) is 0 Å². The molecular formula is C9H8N2O2. The zero-order valence-corrected chi connectivity index (χ0v) is 7.06. The van der Waals surface area contributed by atoms with Crippen LogP contribution in [0.15, 0.2) is 24.5 Å². The normalized spacial score (nSPS) is 10.5. The van der Waals surface area contributed by atoms with Gasteiger partial charge in [0.1, 0.15) is 5.65 Å². The topological polar surface area (TPSA) is 54.6 Å². The van der Waals surface area contributed by atoms with E-state index < -0.39 is 5.97 Å². The quantitative estimate of drug-likeness (QED) is 0.713. The number of fused-ring (bicyclic) bond motifs is 1. The highest BCUT2D eigenvalue weighted by Gasteiger charge is 2.07. The van der Waals surface area contributed by atoms with E-state index in [4.69, 9.17) is 5.11 Å². The smallest absolute Gasteiger partial charge is 0.356 e. The fraction of sp³-hybridized carbons (Fsp3) is 0.111. The fourth-order valence-electron chi connectivity index (χ4n) is 1.21. The van der Waals surface area contributed by atoms with Gasteiger partial charge in [-0.3, -0.25) is 0 Å². The van der Waals surface area contributed by atoms with Gasteiger partial charge >= 0.3 is 5.97 Å². The molecular weight excluding hydrogens is 168 g/mol. The number of pyridine rings is 1. The highest BCUT2D eigenvalue weighted by atomic mass is 16.4. The van der Waals surface area contributed by atoms with E-state index in [2.05, 4.69) is 4.98 Å². The maximum absolute atomic E-state index is 10.6. The van der Waals surface area contributed by atoms with Crippen LogP contribution < -0.4 is 0 Å². The van der Waals surface area contributed by atoms with E-state index >= 15 is 0 Å². The Morgan fingerprint density at radius 3 is 2.92 bits per heavy atom. The number of aromatic nitrogens is 2. The lowest BCUT2D eigenvalue weighted by molar-refractivity contribution is 0.0691. The van der Waals surface area contributed by atoms with Crippen molar-refractivity contribution in [1.82, 2.24) is 9.38 Å². The molecule has 2 heterocycles.